The maximum absolute atomic E-state index is 5.40. The first-order valence-electron chi connectivity index (χ1n) is 4.75. The zero-order valence-corrected chi connectivity index (χ0v) is 7.46. The molecule has 0 radical (unpaired) electrons. The van der Waals surface area contributed by atoms with E-state index in [1.165, 1.54) is 13.0 Å². The molecule has 0 bridgehead atoms. The lowest BCUT2D eigenvalue weighted by Crippen LogP contribution is -2.54. The molecule has 2 rings (SSSR count). The van der Waals surface area contributed by atoms with Gasteiger partial charge in [-0.3, -0.25) is 0 Å². The molecule has 0 aromatic carbocycles. The third-order valence-corrected chi connectivity index (χ3v) is 2.44. The molecule has 1 N–H and O–H groups in total. The molecule has 0 saturated carbocycles. The number of hydrazine groups is 1. The van der Waals surface area contributed by atoms with Crippen molar-refractivity contribution in [2.75, 3.05) is 46.1 Å². The summed E-state index contributed by atoms with van der Waals surface area (Å²) >= 11 is 0. The summed E-state index contributed by atoms with van der Waals surface area (Å²) in [6.07, 6.45) is 1.17. The highest BCUT2D eigenvalue weighted by Crippen LogP contribution is 2.06. The molecule has 4 heteroatoms. The summed E-state index contributed by atoms with van der Waals surface area (Å²) in [5.74, 6) is 0. The number of nitrogens with zero attached hydrogens (tertiary/aromatic N) is 2. The van der Waals surface area contributed by atoms with Gasteiger partial charge in [0.15, 0.2) is 0 Å². The first-order chi connectivity index (χ1) is 5.97. The van der Waals surface area contributed by atoms with Gasteiger partial charge >= 0.3 is 0 Å². The van der Waals surface area contributed by atoms with Crippen molar-refractivity contribution >= 4 is 0 Å². The average molecular weight is 171 g/mol. The molecule has 2 fully saturated rings. The SMILES string of the molecule is C1COCN(N2CCNCC2)C1. The zero-order chi connectivity index (χ0) is 8.23. The van der Waals surface area contributed by atoms with Crippen molar-refractivity contribution in [3.63, 3.8) is 0 Å². The van der Waals surface area contributed by atoms with E-state index in [2.05, 4.69) is 15.3 Å². The molecule has 2 saturated heterocycles. The maximum atomic E-state index is 5.40. The van der Waals surface area contributed by atoms with Gasteiger partial charge < -0.3 is 10.1 Å². The third kappa shape index (κ3) is 1.95. The van der Waals surface area contributed by atoms with E-state index in [0.29, 0.717) is 0 Å². The van der Waals surface area contributed by atoms with E-state index in [1.807, 2.05) is 0 Å². The Hall–Kier alpha value is -0.160. The van der Waals surface area contributed by atoms with Crippen LogP contribution in [-0.4, -0.2) is 56.1 Å². The smallest absolute Gasteiger partial charge is 0.112 e. The van der Waals surface area contributed by atoms with Crippen LogP contribution in [0.4, 0.5) is 0 Å². The summed E-state index contributed by atoms with van der Waals surface area (Å²) in [5.41, 5.74) is 0. The Balaban J connectivity index is 1.80. The van der Waals surface area contributed by atoms with Gasteiger partial charge in [0.2, 0.25) is 0 Å². The number of piperazine rings is 1. The second kappa shape index (κ2) is 4.18. The summed E-state index contributed by atoms with van der Waals surface area (Å²) in [5, 5.41) is 8.07. The summed E-state index contributed by atoms with van der Waals surface area (Å²) < 4.78 is 5.40. The van der Waals surface area contributed by atoms with Crippen molar-refractivity contribution in [3.8, 4) is 0 Å². The van der Waals surface area contributed by atoms with Gasteiger partial charge in [0, 0.05) is 39.3 Å². The van der Waals surface area contributed by atoms with Gasteiger partial charge in [0.25, 0.3) is 0 Å². The minimum Gasteiger partial charge on any atom is -0.365 e. The fourth-order valence-electron chi connectivity index (χ4n) is 1.74. The monoisotopic (exact) mass is 171 g/mol. The van der Waals surface area contributed by atoms with E-state index in [-0.39, 0.29) is 0 Å². The highest BCUT2D eigenvalue weighted by atomic mass is 16.5. The number of hydrogen-bond acceptors (Lipinski definition) is 4. The molecular weight excluding hydrogens is 154 g/mol. The van der Waals surface area contributed by atoms with Crippen LogP contribution >= 0.6 is 0 Å². The first kappa shape index (κ1) is 8.44. The van der Waals surface area contributed by atoms with E-state index in [9.17, 15) is 0 Å². The molecule has 0 aliphatic carbocycles. The van der Waals surface area contributed by atoms with Crippen molar-refractivity contribution in [1.82, 2.24) is 15.3 Å². The van der Waals surface area contributed by atoms with Crippen LogP contribution in [0.3, 0.4) is 0 Å². The molecular formula is C8H17N3O. The second-order valence-electron chi connectivity index (χ2n) is 3.32. The number of nitrogens with one attached hydrogen (secondary N) is 1. The van der Waals surface area contributed by atoms with E-state index in [1.54, 1.807) is 0 Å². The molecule has 0 amide bonds. The van der Waals surface area contributed by atoms with Crippen LogP contribution in [0.5, 0.6) is 0 Å². The average Bonchev–Trinajstić information content (AvgIpc) is 2.21. The van der Waals surface area contributed by atoms with Crippen molar-refractivity contribution in [2.45, 2.75) is 6.42 Å². The topological polar surface area (TPSA) is 27.7 Å². The van der Waals surface area contributed by atoms with Crippen LogP contribution in [-0.2, 0) is 4.74 Å². The van der Waals surface area contributed by atoms with Crippen molar-refractivity contribution in [2.24, 2.45) is 0 Å². The van der Waals surface area contributed by atoms with E-state index in [0.717, 1.165) is 39.5 Å². The van der Waals surface area contributed by atoms with Gasteiger partial charge in [0.1, 0.15) is 6.73 Å². The summed E-state index contributed by atoms with van der Waals surface area (Å²) in [6.45, 7) is 7.36. The predicted molar refractivity (Wildman–Crippen MR) is 46.6 cm³/mol. The Morgan fingerprint density at radius 2 is 1.83 bits per heavy atom. The van der Waals surface area contributed by atoms with Crippen LogP contribution in [0.1, 0.15) is 6.42 Å². The fourth-order valence-corrected chi connectivity index (χ4v) is 1.74. The largest absolute Gasteiger partial charge is 0.365 e. The predicted octanol–water partition coefficient (Wildman–Crippen LogP) is -0.514. The molecule has 0 atom stereocenters. The number of rotatable bonds is 1. The van der Waals surface area contributed by atoms with Gasteiger partial charge in [-0.1, -0.05) is 0 Å². The van der Waals surface area contributed by atoms with Crippen molar-refractivity contribution < 1.29 is 4.74 Å². The lowest BCUT2D eigenvalue weighted by molar-refractivity contribution is -0.138. The molecule has 0 unspecified atom stereocenters. The van der Waals surface area contributed by atoms with Crippen molar-refractivity contribution in [3.05, 3.63) is 0 Å². The second-order valence-corrected chi connectivity index (χ2v) is 3.32. The molecule has 70 valence electrons. The molecule has 2 aliphatic heterocycles. The van der Waals surface area contributed by atoms with Crippen LogP contribution in [0.2, 0.25) is 0 Å². The van der Waals surface area contributed by atoms with Crippen LogP contribution in [0.15, 0.2) is 0 Å². The summed E-state index contributed by atoms with van der Waals surface area (Å²) in [7, 11) is 0. The number of ether oxygens (including phenoxy) is 1. The quantitative estimate of drug-likeness (QED) is 0.575. The van der Waals surface area contributed by atoms with Crippen LogP contribution in [0.25, 0.3) is 0 Å². The highest BCUT2D eigenvalue weighted by molar-refractivity contribution is 4.66. The van der Waals surface area contributed by atoms with Gasteiger partial charge in [-0.15, -0.1) is 0 Å². The highest BCUT2D eigenvalue weighted by Gasteiger charge is 2.19. The molecule has 2 aliphatic rings. The summed E-state index contributed by atoms with van der Waals surface area (Å²) in [6, 6.07) is 0. The Bertz CT molecular complexity index is 114. The molecule has 4 nitrogen and oxygen atoms in total. The minimum atomic E-state index is 0.792. The number of hydrogen-bond donors (Lipinski definition) is 1. The van der Waals surface area contributed by atoms with Crippen LogP contribution < -0.4 is 5.32 Å². The normalized spacial score (nSPS) is 29.0. The lowest BCUT2D eigenvalue weighted by Gasteiger charge is -2.39. The molecule has 0 spiro atoms. The lowest BCUT2D eigenvalue weighted by atomic mass is 10.4. The van der Waals surface area contributed by atoms with E-state index < -0.39 is 0 Å². The Morgan fingerprint density at radius 3 is 2.50 bits per heavy atom. The van der Waals surface area contributed by atoms with Gasteiger partial charge in [0.05, 0.1) is 0 Å². The standard InChI is InChI=1S/C8H17N3O/c1-4-11(8-12-7-1)10-5-2-9-3-6-10/h9H,1-8H2. The Kier molecular flexibility index (Phi) is 2.94. The van der Waals surface area contributed by atoms with Gasteiger partial charge in [-0.25, -0.2) is 10.0 Å². The van der Waals surface area contributed by atoms with Gasteiger partial charge in [-0.05, 0) is 6.42 Å². The Morgan fingerprint density at radius 1 is 1.00 bits per heavy atom. The van der Waals surface area contributed by atoms with E-state index in [4.69, 9.17) is 4.74 Å². The van der Waals surface area contributed by atoms with E-state index >= 15 is 0 Å². The first-order valence-corrected chi connectivity index (χ1v) is 4.75. The third-order valence-electron chi connectivity index (χ3n) is 2.44. The fraction of sp³-hybridized carbons (Fsp3) is 1.00. The van der Waals surface area contributed by atoms with Crippen molar-refractivity contribution in [1.29, 1.82) is 0 Å². The molecule has 2 heterocycles. The molecule has 0 aromatic rings. The van der Waals surface area contributed by atoms with Crippen LogP contribution in [0, 0.1) is 0 Å². The van der Waals surface area contributed by atoms with Gasteiger partial charge in [-0.2, -0.15) is 0 Å². The maximum Gasteiger partial charge on any atom is 0.112 e. The Labute approximate surface area is 73.4 Å². The molecule has 12 heavy (non-hydrogen) atoms. The zero-order valence-electron chi connectivity index (χ0n) is 7.46. The molecule has 0 aromatic heterocycles. The minimum absolute atomic E-state index is 0.792. The summed E-state index contributed by atoms with van der Waals surface area (Å²) in [4.78, 5) is 0.